The Hall–Kier alpha value is -4.70. The Kier molecular flexibility index (Phi) is 6.66. The Morgan fingerprint density at radius 2 is 1.69 bits per heavy atom. The minimum absolute atomic E-state index is 0.0180. The Morgan fingerprint density at radius 1 is 0.878 bits per heavy atom. The van der Waals surface area contributed by atoms with Gasteiger partial charge >= 0.3 is 0 Å². The zero-order valence-corrected chi connectivity index (χ0v) is 30.2. The highest BCUT2D eigenvalue weighted by Crippen LogP contribution is 2.48. The van der Waals surface area contributed by atoms with Crippen molar-refractivity contribution >= 4 is 27.7 Å². The molecule has 4 aromatic carbocycles. The number of aryl methyl sites for hydroxylation is 2. The molecule has 6 aromatic rings. The van der Waals surface area contributed by atoms with Gasteiger partial charge in [-0.1, -0.05) is 70.5 Å². The second kappa shape index (κ2) is 11.2. The van der Waals surface area contributed by atoms with Crippen LogP contribution in [0.4, 0.5) is 0 Å². The van der Waals surface area contributed by atoms with Crippen molar-refractivity contribution in [3.63, 3.8) is 0 Å². The average Bonchev–Trinajstić information content (AvgIpc) is 3.59. The third kappa shape index (κ3) is 5.19. The minimum atomic E-state index is -1.52. The quantitative estimate of drug-likeness (QED) is 0.191. The molecule has 0 unspecified atom stereocenters. The molecule has 0 fully saturated rings. The number of aromatic nitrogens is 2. The summed E-state index contributed by atoms with van der Waals surface area (Å²) >= 11 is 0. The van der Waals surface area contributed by atoms with Gasteiger partial charge in [0, 0.05) is 36.5 Å². The number of benzene rings is 4. The van der Waals surface area contributed by atoms with Crippen molar-refractivity contribution in [2.45, 2.75) is 98.1 Å². The van der Waals surface area contributed by atoms with Gasteiger partial charge in [0.2, 0.25) is 5.90 Å². The molecule has 49 heavy (non-hydrogen) atoms. The van der Waals surface area contributed by atoms with Gasteiger partial charge in [-0.2, -0.15) is 0 Å². The molecule has 2 atom stereocenters. The molecule has 3 heterocycles. The summed E-state index contributed by atoms with van der Waals surface area (Å²) in [5.74, 6) is 0.841. The van der Waals surface area contributed by atoms with E-state index in [2.05, 4.69) is 132 Å². The third-order valence-electron chi connectivity index (χ3n) is 10.8. The molecule has 2 aliphatic rings. The van der Waals surface area contributed by atoms with Crippen molar-refractivity contribution in [1.82, 2.24) is 9.55 Å². The van der Waals surface area contributed by atoms with Crippen LogP contribution >= 0.6 is 0 Å². The Balaban J connectivity index is 1.32. The molecule has 248 valence electrons. The Morgan fingerprint density at radius 3 is 2.47 bits per heavy atom. The highest BCUT2D eigenvalue weighted by Gasteiger charge is 2.47. The van der Waals surface area contributed by atoms with Crippen LogP contribution in [0.5, 0.6) is 0 Å². The van der Waals surface area contributed by atoms with Crippen molar-refractivity contribution in [1.29, 1.82) is 0 Å². The summed E-state index contributed by atoms with van der Waals surface area (Å²) in [6.45, 7) is 19.4. The lowest BCUT2D eigenvalue weighted by Gasteiger charge is -2.36. The lowest BCUT2D eigenvalue weighted by Crippen LogP contribution is -2.36. The van der Waals surface area contributed by atoms with Gasteiger partial charge in [-0.05, 0) is 134 Å². The van der Waals surface area contributed by atoms with Crippen molar-refractivity contribution in [3.05, 3.63) is 130 Å². The molecule has 0 amide bonds. The summed E-state index contributed by atoms with van der Waals surface area (Å²) in [5, 5.41) is 2.40. The van der Waals surface area contributed by atoms with Crippen molar-refractivity contribution in [2.75, 3.05) is 0 Å². The predicted octanol–water partition coefficient (Wildman–Crippen LogP) is 11.4. The van der Waals surface area contributed by atoms with Crippen molar-refractivity contribution in [2.24, 2.45) is 4.99 Å². The lowest BCUT2D eigenvalue weighted by atomic mass is 9.76. The molecular formula is C45H47N3O. The first kappa shape index (κ1) is 29.2. The van der Waals surface area contributed by atoms with Crippen LogP contribution in [0.25, 0.3) is 38.8 Å². The number of aliphatic imine (C=N–C) groups is 1. The monoisotopic (exact) mass is 647 g/mol. The molecule has 0 radical (unpaired) electrons. The smallest absolute Gasteiger partial charge is 0.217 e. The fraction of sp³-hybridized carbons (Fsp3) is 0.333. The maximum absolute atomic E-state index is 9.13. The third-order valence-corrected chi connectivity index (χ3v) is 10.8. The minimum Gasteiger partial charge on any atom is -0.468 e. The molecule has 0 spiro atoms. The number of nitrogens with zero attached hydrogens (tertiary/aromatic N) is 3. The van der Waals surface area contributed by atoms with Gasteiger partial charge in [0.05, 0.1) is 16.7 Å². The topological polar surface area (TPSA) is 39.4 Å². The van der Waals surface area contributed by atoms with E-state index >= 15 is 0 Å². The van der Waals surface area contributed by atoms with Gasteiger partial charge in [0.25, 0.3) is 0 Å². The molecule has 1 aliphatic carbocycles. The summed E-state index contributed by atoms with van der Waals surface area (Å²) in [6.07, 6.45) is 0.641. The standard InChI is InChI=1S/C45H47N3O/c1-26(2)31-21-32(43-47-42-37-13-11-28(4)29(5)35(37)16-18-45(42,9)49-43)23-34(22-31)48-40-15-10-27(3)20-38(40)36-14-12-30(24-41(36)48)39-25-33(17-19-46-39)44(6,7)8/h10-15,17,19-26,42H,16,18H2,1-9H3/t42-,45+/m1/s1/i16D2. The van der Waals surface area contributed by atoms with Gasteiger partial charge in [-0.25, -0.2) is 4.99 Å². The van der Waals surface area contributed by atoms with Gasteiger partial charge in [0.15, 0.2) is 0 Å². The molecule has 4 heteroatoms. The molecule has 0 saturated heterocycles. The molecule has 0 bridgehead atoms. The number of hydrogen-bond acceptors (Lipinski definition) is 3. The van der Waals surface area contributed by atoms with E-state index in [9.17, 15) is 0 Å². The fourth-order valence-electron chi connectivity index (χ4n) is 7.63. The van der Waals surface area contributed by atoms with Crippen LogP contribution in [0.1, 0.15) is 107 Å². The predicted molar refractivity (Wildman–Crippen MR) is 205 cm³/mol. The van der Waals surface area contributed by atoms with Crippen LogP contribution in [-0.4, -0.2) is 21.0 Å². The van der Waals surface area contributed by atoms with E-state index in [1.165, 1.54) is 27.5 Å². The van der Waals surface area contributed by atoms with Crippen molar-refractivity contribution < 1.29 is 7.48 Å². The zero-order chi connectivity index (χ0) is 36.2. The molecule has 8 rings (SSSR count). The molecule has 0 saturated carbocycles. The SMILES string of the molecule is [2H]C1([2H])C[C@]2(C)OC(c3cc(C(C)C)cc(-n4c5ccc(C)cc5c5ccc(-c6cc(C(C)(C)C)ccn6)cc54)c3)=N[C@@H]2c2ccc(C)c(C)c21. The summed E-state index contributed by atoms with van der Waals surface area (Å²) in [6, 6.07) is 28.3. The molecule has 0 N–H and O–H groups in total. The summed E-state index contributed by atoms with van der Waals surface area (Å²) in [4.78, 5) is 10.1. The van der Waals surface area contributed by atoms with Crippen LogP contribution in [0, 0.1) is 20.8 Å². The van der Waals surface area contributed by atoms with Crippen LogP contribution in [0.3, 0.4) is 0 Å². The maximum atomic E-state index is 9.13. The first-order valence-corrected chi connectivity index (χ1v) is 17.6. The number of rotatable bonds is 4. The number of ether oxygens (including phenoxy) is 1. The van der Waals surface area contributed by atoms with Crippen LogP contribution < -0.4 is 0 Å². The van der Waals surface area contributed by atoms with Crippen molar-refractivity contribution in [3.8, 4) is 16.9 Å². The summed E-state index contributed by atoms with van der Waals surface area (Å²) in [7, 11) is 0. The fourth-order valence-corrected chi connectivity index (χ4v) is 7.63. The van der Waals surface area contributed by atoms with E-state index in [-0.39, 0.29) is 23.8 Å². The van der Waals surface area contributed by atoms with E-state index in [0.29, 0.717) is 5.90 Å². The maximum Gasteiger partial charge on any atom is 0.217 e. The van der Waals surface area contributed by atoms with Crippen LogP contribution in [0.15, 0.2) is 90.1 Å². The van der Waals surface area contributed by atoms with E-state index in [1.54, 1.807) is 0 Å². The van der Waals surface area contributed by atoms with Gasteiger partial charge in [-0.15, -0.1) is 0 Å². The van der Waals surface area contributed by atoms with Crippen LogP contribution in [-0.2, 0) is 16.5 Å². The zero-order valence-electron chi connectivity index (χ0n) is 32.2. The van der Waals surface area contributed by atoms with E-state index < -0.39 is 12.0 Å². The second-order valence-electron chi connectivity index (χ2n) is 15.8. The lowest BCUT2D eigenvalue weighted by molar-refractivity contribution is 0.0602. The first-order valence-electron chi connectivity index (χ1n) is 18.6. The Labute approximate surface area is 293 Å². The van der Waals surface area contributed by atoms with Gasteiger partial charge in [0.1, 0.15) is 11.6 Å². The van der Waals surface area contributed by atoms with E-state index in [1.807, 2.05) is 20.0 Å². The second-order valence-corrected chi connectivity index (χ2v) is 15.8. The number of hydrogen-bond donors (Lipinski definition) is 0. The van der Waals surface area contributed by atoms with Crippen LogP contribution in [0.2, 0.25) is 0 Å². The summed E-state index contributed by atoms with van der Waals surface area (Å²) < 4.78 is 27.4. The van der Waals surface area contributed by atoms with Gasteiger partial charge < -0.3 is 9.30 Å². The molecule has 2 aromatic heterocycles. The normalized spacial score (nSPS) is 20.5. The molecule has 1 aliphatic heterocycles. The highest BCUT2D eigenvalue weighted by molar-refractivity contribution is 6.10. The van der Waals surface area contributed by atoms with E-state index in [0.717, 1.165) is 55.8 Å². The number of fused-ring (bicyclic) bond motifs is 6. The van der Waals surface area contributed by atoms with E-state index in [4.69, 9.17) is 17.5 Å². The molecular weight excluding hydrogens is 599 g/mol. The molecule has 4 nitrogen and oxygen atoms in total. The summed E-state index contributed by atoms with van der Waals surface area (Å²) in [5.41, 5.74) is 12.9. The first-order chi connectivity index (χ1) is 24.0. The largest absolute Gasteiger partial charge is 0.468 e. The number of pyridine rings is 1. The van der Waals surface area contributed by atoms with Gasteiger partial charge in [-0.3, -0.25) is 4.98 Å². The average molecular weight is 648 g/mol. The Bertz CT molecular complexity index is 2430. The highest BCUT2D eigenvalue weighted by atomic mass is 16.5.